The molecule has 0 radical (unpaired) electrons. The van der Waals surface area contributed by atoms with E-state index in [1.54, 1.807) is 0 Å². The van der Waals surface area contributed by atoms with Gasteiger partial charge in [0.2, 0.25) is 0 Å². The monoisotopic (exact) mass is 266 g/mol. The van der Waals surface area contributed by atoms with Gasteiger partial charge in [0, 0.05) is 19.1 Å². The highest BCUT2D eigenvalue weighted by atomic mass is 16.4. The van der Waals surface area contributed by atoms with Crippen molar-refractivity contribution in [3.8, 4) is 0 Å². The van der Waals surface area contributed by atoms with E-state index in [0.29, 0.717) is 12.6 Å². The highest BCUT2D eigenvalue weighted by Crippen LogP contribution is 2.48. The lowest BCUT2D eigenvalue weighted by Crippen LogP contribution is -2.47. The second-order valence-corrected chi connectivity index (χ2v) is 6.99. The molecule has 4 unspecified atom stereocenters. The molecular weight excluding hydrogens is 240 g/mol. The molecule has 108 valence electrons. The fourth-order valence-electron chi connectivity index (χ4n) is 4.12. The Labute approximate surface area is 115 Å². The molecule has 3 aliphatic carbocycles. The quantitative estimate of drug-likeness (QED) is 0.734. The third kappa shape index (κ3) is 3.29. The lowest BCUT2D eigenvalue weighted by atomic mass is 9.88. The van der Waals surface area contributed by atoms with E-state index in [-0.39, 0.29) is 0 Å². The van der Waals surface area contributed by atoms with Crippen LogP contribution in [0.4, 0.5) is 0 Å². The van der Waals surface area contributed by atoms with Crippen molar-refractivity contribution in [1.82, 2.24) is 10.2 Å². The Kier molecular flexibility index (Phi) is 3.81. The maximum absolute atomic E-state index is 11.3. The van der Waals surface area contributed by atoms with Gasteiger partial charge < -0.3 is 15.3 Å². The first kappa shape index (κ1) is 13.4. The maximum Gasteiger partial charge on any atom is 0.322 e. The Balaban J connectivity index is 1.46. The van der Waals surface area contributed by atoms with Crippen LogP contribution in [0.25, 0.3) is 0 Å². The van der Waals surface area contributed by atoms with Crippen molar-refractivity contribution in [3.63, 3.8) is 0 Å². The van der Waals surface area contributed by atoms with Gasteiger partial charge in [-0.25, -0.2) is 0 Å². The Morgan fingerprint density at radius 2 is 2.11 bits per heavy atom. The summed E-state index contributed by atoms with van der Waals surface area (Å²) in [6.45, 7) is 1.72. The summed E-state index contributed by atoms with van der Waals surface area (Å²) >= 11 is 0. The first-order chi connectivity index (χ1) is 9.11. The number of carbonyl (C=O) groups is 1. The normalized spacial score (nSPS) is 34.9. The van der Waals surface area contributed by atoms with Crippen LogP contribution in [-0.4, -0.2) is 48.2 Å². The Morgan fingerprint density at radius 3 is 2.63 bits per heavy atom. The lowest BCUT2D eigenvalue weighted by Gasteiger charge is -2.29. The number of likely N-dealkylation sites (N-methyl/N-ethyl adjacent to an activating group) is 1. The van der Waals surface area contributed by atoms with Crippen LogP contribution in [0.3, 0.4) is 0 Å². The molecule has 0 spiro atoms. The van der Waals surface area contributed by atoms with Gasteiger partial charge in [-0.15, -0.1) is 0 Å². The topological polar surface area (TPSA) is 52.6 Å². The molecule has 0 heterocycles. The summed E-state index contributed by atoms with van der Waals surface area (Å²) in [6.07, 6.45) is 7.93. The average Bonchev–Trinajstić information content (AvgIpc) is 2.93. The molecule has 2 bridgehead atoms. The largest absolute Gasteiger partial charge is 0.480 e. The number of nitrogens with zero attached hydrogens (tertiary/aromatic N) is 1. The van der Waals surface area contributed by atoms with E-state index in [1.807, 2.05) is 0 Å². The molecule has 3 fully saturated rings. The smallest absolute Gasteiger partial charge is 0.322 e. The predicted octanol–water partition coefficient (Wildman–Crippen LogP) is 1.56. The third-order valence-electron chi connectivity index (χ3n) is 5.24. The summed E-state index contributed by atoms with van der Waals surface area (Å²) in [6, 6.07) is 0.0630. The number of hydrogen-bond acceptors (Lipinski definition) is 3. The Morgan fingerprint density at radius 1 is 1.32 bits per heavy atom. The molecule has 19 heavy (non-hydrogen) atoms. The molecule has 3 aliphatic rings. The summed E-state index contributed by atoms with van der Waals surface area (Å²) in [5, 5.41) is 12.5. The van der Waals surface area contributed by atoms with Crippen LogP contribution in [0.2, 0.25) is 0 Å². The van der Waals surface area contributed by atoms with E-state index in [0.717, 1.165) is 37.1 Å². The van der Waals surface area contributed by atoms with E-state index in [9.17, 15) is 9.90 Å². The molecule has 0 aromatic carbocycles. The summed E-state index contributed by atoms with van der Waals surface area (Å²) in [5.41, 5.74) is 0. The first-order valence-electron chi connectivity index (χ1n) is 7.79. The summed E-state index contributed by atoms with van der Waals surface area (Å²) < 4.78 is 0. The molecule has 3 rings (SSSR count). The average molecular weight is 266 g/mol. The highest BCUT2D eigenvalue weighted by molar-refractivity contribution is 5.73. The van der Waals surface area contributed by atoms with Gasteiger partial charge in [-0.2, -0.15) is 0 Å². The van der Waals surface area contributed by atoms with Gasteiger partial charge in [0.1, 0.15) is 6.04 Å². The Hall–Kier alpha value is -0.610. The summed E-state index contributed by atoms with van der Waals surface area (Å²) in [5.74, 6) is 2.01. The minimum atomic E-state index is -0.702. The van der Waals surface area contributed by atoms with Gasteiger partial charge in [-0.1, -0.05) is 6.42 Å². The summed E-state index contributed by atoms with van der Waals surface area (Å²) in [7, 11) is 2.08. The zero-order valence-electron chi connectivity index (χ0n) is 11.8. The first-order valence-corrected chi connectivity index (χ1v) is 7.79. The number of aliphatic carboxylic acids is 1. The van der Waals surface area contributed by atoms with Crippen molar-refractivity contribution in [1.29, 1.82) is 0 Å². The SMILES string of the molecule is CN(CC(NC1CC1)C(=O)O)CC1CC2CCC1C2. The van der Waals surface area contributed by atoms with Crippen LogP contribution in [0.15, 0.2) is 0 Å². The zero-order valence-corrected chi connectivity index (χ0v) is 11.8. The third-order valence-corrected chi connectivity index (χ3v) is 5.24. The van der Waals surface area contributed by atoms with E-state index < -0.39 is 12.0 Å². The molecule has 0 amide bonds. The second kappa shape index (κ2) is 5.41. The molecular formula is C15H26N2O2. The predicted molar refractivity (Wildman–Crippen MR) is 74.0 cm³/mol. The molecule has 0 saturated heterocycles. The van der Waals surface area contributed by atoms with E-state index in [4.69, 9.17) is 0 Å². The molecule has 0 aromatic rings. The van der Waals surface area contributed by atoms with Crippen molar-refractivity contribution in [2.45, 2.75) is 50.6 Å². The van der Waals surface area contributed by atoms with Crippen molar-refractivity contribution in [3.05, 3.63) is 0 Å². The standard InChI is InChI=1S/C15H26N2O2/c1-17(8-12-7-10-2-3-11(12)6-10)9-14(15(18)19)16-13-4-5-13/h10-14,16H,2-9H2,1H3,(H,18,19). The van der Waals surface area contributed by atoms with Crippen LogP contribution >= 0.6 is 0 Å². The fourth-order valence-corrected chi connectivity index (χ4v) is 4.12. The number of hydrogen-bond donors (Lipinski definition) is 2. The number of carboxylic acids is 1. The van der Waals surface area contributed by atoms with Gasteiger partial charge in [-0.3, -0.25) is 4.79 Å². The van der Waals surface area contributed by atoms with Crippen LogP contribution in [0.5, 0.6) is 0 Å². The fraction of sp³-hybridized carbons (Fsp3) is 0.933. The molecule has 4 atom stereocenters. The molecule has 4 heteroatoms. The molecule has 2 N–H and O–H groups in total. The lowest BCUT2D eigenvalue weighted by molar-refractivity contribution is -0.140. The number of carboxylic acid groups (broad SMARTS) is 1. The van der Waals surface area contributed by atoms with E-state index >= 15 is 0 Å². The van der Waals surface area contributed by atoms with Gasteiger partial charge >= 0.3 is 5.97 Å². The highest BCUT2D eigenvalue weighted by Gasteiger charge is 2.40. The number of nitrogens with one attached hydrogen (secondary N) is 1. The maximum atomic E-state index is 11.3. The Bertz CT molecular complexity index is 343. The summed E-state index contributed by atoms with van der Waals surface area (Å²) in [4.78, 5) is 13.5. The van der Waals surface area contributed by atoms with Crippen LogP contribution in [0, 0.1) is 17.8 Å². The van der Waals surface area contributed by atoms with E-state index in [1.165, 1.54) is 25.7 Å². The number of rotatable bonds is 7. The zero-order chi connectivity index (χ0) is 13.4. The van der Waals surface area contributed by atoms with Gasteiger partial charge in [0.15, 0.2) is 0 Å². The molecule has 4 nitrogen and oxygen atoms in total. The van der Waals surface area contributed by atoms with Crippen molar-refractivity contribution < 1.29 is 9.90 Å². The molecule has 0 aliphatic heterocycles. The minimum absolute atomic E-state index is 0.393. The minimum Gasteiger partial charge on any atom is -0.480 e. The second-order valence-electron chi connectivity index (χ2n) is 6.99. The van der Waals surface area contributed by atoms with Crippen LogP contribution in [0.1, 0.15) is 38.5 Å². The van der Waals surface area contributed by atoms with Crippen molar-refractivity contribution >= 4 is 5.97 Å². The van der Waals surface area contributed by atoms with Crippen LogP contribution < -0.4 is 5.32 Å². The van der Waals surface area contributed by atoms with Gasteiger partial charge in [0.25, 0.3) is 0 Å². The van der Waals surface area contributed by atoms with Crippen LogP contribution in [-0.2, 0) is 4.79 Å². The van der Waals surface area contributed by atoms with Crippen molar-refractivity contribution in [2.75, 3.05) is 20.1 Å². The van der Waals surface area contributed by atoms with Crippen molar-refractivity contribution in [2.24, 2.45) is 17.8 Å². The number of fused-ring (bicyclic) bond motifs is 2. The molecule has 0 aromatic heterocycles. The van der Waals surface area contributed by atoms with E-state index in [2.05, 4.69) is 17.3 Å². The molecule has 3 saturated carbocycles. The van der Waals surface area contributed by atoms with Gasteiger partial charge in [0.05, 0.1) is 0 Å². The van der Waals surface area contributed by atoms with Gasteiger partial charge in [-0.05, 0) is 56.9 Å².